The first-order valence-electron chi connectivity index (χ1n) is 8.22. The van der Waals surface area contributed by atoms with Gasteiger partial charge in [0.1, 0.15) is 0 Å². The number of benzene rings is 1. The molecule has 0 amide bonds. The second-order valence-electron chi connectivity index (χ2n) is 7.59. The van der Waals surface area contributed by atoms with E-state index in [0.29, 0.717) is 30.1 Å². The van der Waals surface area contributed by atoms with Crippen LogP contribution in [-0.2, 0) is 10.0 Å². The number of nitrogens with zero attached hydrogens (tertiary/aromatic N) is 1. The van der Waals surface area contributed by atoms with Crippen LogP contribution in [0.25, 0.3) is 0 Å². The Balaban J connectivity index is 1.54. The molecule has 0 aliphatic carbocycles. The Bertz CT molecular complexity index is 693. The number of piperidine rings is 1. The summed E-state index contributed by atoms with van der Waals surface area (Å²) in [6.45, 7) is 5.29. The van der Waals surface area contributed by atoms with Gasteiger partial charge in [-0.05, 0) is 51.2 Å². The molecule has 120 valence electrons. The van der Waals surface area contributed by atoms with Crippen molar-refractivity contribution in [2.24, 2.45) is 5.41 Å². The minimum Gasteiger partial charge on any atom is -0.311 e. The predicted molar refractivity (Wildman–Crippen MR) is 86.3 cm³/mol. The van der Waals surface area contributed by atoms with Gasteiger partial charge >= 0.3 is 0 Å². The molecule has 3 aliphatic rings. The minimum atomic E-state index is -3.33. The maximum Gasteiger partial charge on any atom is 0.243 e. The molecule has 2 atom stereocenters. The zero-order chi connectivity index (χ0) is 15.5. The van der Waals surface area contributed by atoms with Gasteiger partial charge in [-0.2, -0.15) is 4.31 Å². The quantitative estimate of drug-likeness (QED) is 0.909. The Labute approximate surface area is 132 Å². The van der Waals surface area contributed by atoms with E-state index >= 15 is 0 Å². The highest BCUT2D eigenvalue weighted by Gasteiger charge is 2.53. The van der Waals surface area contributed by atoms with Gasteiger partial charge in [0.05, 0.1) is 4.90 Å². The normalized spacial score (nSPS) is 30.5. The summed E-state index contributed by atoms with van der Waals surface area (Å²) in [7, 11) is -3.33. The lowest BCUT2D eigenvalue weighted by molar-refractivity contribution is 0.0183. The van der Waals surface area contributed by atoms with Crippen molar-refractivity contribution in [2.75, 3.05) is 13.1 Å². The SMILES string of the molecule is Cc1ccc(S(=O)(=O)N2CC3(CC4CCC(C3)N4)C2)c(C)c1. The third-order valence-electron chi connectivity index (χ3n) is 5.67. The molecule has 3 aliphatic heterocycles. The lowest BCUT2D eigenvalue weighted by atomic mass is 9.71. The molecule has 22 heavy (non-hydrogen) atoms. The van der Waals surface area contributed by atoms with Crippen LogP contribution in [0.3, 0.4) is 0 Å². The highest BCUT2D eigenvalue weighted by atomic mass is 32.2. The summed E-state index contributed by atoms with van der Waals surface area (Å²) in [5.41, 5.74) is 2.20. The number of nitrogens with one attached hydrogen (secondary N) is 1. The van der Waals surface area contributed by atoms with Gasteiger partial charge in [-0.3, -0.25) is 0 Å². The van der Waals surface area contributed by atoms with Gasteiger partial charge in [-0.15, -0.1) is 0 Å². The van der Waals surface area contributed by atoms with Crippen LogP contribution in [0.2, 0.25) is 0 Å². The lowest BCUT2D eigenvalue weighted by Crippen LogP contribution is -2.63. The van der Waals surface area contributed by atoms with E-state index < -0.39 is 10.0 Å². The average Bonchev–Trinajstić information content (AvgIpc) is 2.74. The molecule has 2 unspecified atom stereocenters. The number of hydrogen-bond donors (Lipinski definition) is 1. The maximum absolute atomic E-state index is 12.9. The first kappa shape index (κ1) is 14.7. The van der Waals surface area contributed by atoms with E-state index in [1.165, 1.54) is 12.8 Å². The van der Waals surface area contributed by atoms with E-state index in [1.54, 1.807) is 10.4 Å². The molecule has 1 aromatic carbocycles. The summed E-state index contributed by atoms with van der Waals surface area (Å²) in [5, 5.41) is 3.65. The van der Waals surface area contributed by atoms with Gasteiger partial charge in [-0.25, -0.2) is 8.42 Å². The van der Waals surface area contributed by atoms with E-state index in [0.717, 1.165) is 24.0 Å². The molecule has 5 heteroatoms. The van der Waals surface area contributed by atoms with Crippen molar-refractivity contribution in [3.63, 3.8) is 0 Å². The second kappa shape index (κ2) is 4.79. The van der Waals surface area contributed by atoms with Crippen LogP contribution in [0.5, 0.6) is 0 Å². The molecule has 3 saturated heterocycles. The lowest BCUT2D eigenvalue weighted by Gasteiger charge is -2.53. The van der Waals surface area contributed by atoms with Gasteiger partial charge in [0.25, 0.3) is 0 Å². The van der Waals surface area contributed by atoms with Crippen molar-refractivity contribution >= 4 is 10.0 Å². The molecular formula is C17H24N2O2S. The number of aryl methyl sites for hydroxylation is 2. The molecule has 4 nitrogen and oxygen atoms in total. The Morgan fingerprint density at radius 2 is 1.77 bits per heavy atom. The molecule has 3 fully saturated rings. The van der Waals surface area contributed by atoms with Crippen LogP contribution < -0.4 is 5.32 Å². The van der Waals surface area contributed by atoms with Crippen molar-refractivity contribution < 1.29 is 8.42 Å². The van der Waals surface area contributed by atoms with Crippen LogP contribution in [0, 0.1) is 19.3 Å². The zero-order valence-electron chi connectivity index (χ0n) is 13.3. The number of hydrogen-bond acceptors (Lipinski definition) is 3. The van der Waals surface area contributed by atoms with Crippen molar-refractivity contribution in [3.05, 3.63) is 29.3 Å². The fourth-order valence-electron chi connectivity index (χ4n) is 4.71. The maximum atomic E-state index is 12.9. The number of sulfonamides is 1. The predicted octanol–water partition coefficient (Wildman–Crippen LogP) is 2.21. The highest BCUT2D eigenvalue weighted by molar-refractivity contribution is 7.89. The minimum absolute atomic E-state index is 0.239. The van der Waals surface area contributed by atoms with Crippen molar-refractivity contribution in [3.8, 4) is 0 Å². The monoisotopic (exact) mass is 320 g/mol. The first-order valence-corrected chi connectivity index (χ1v) is 9.66. The fourth-order valence-corrected chi connectivity index (χ4v) is 6.58. The summed E-state index contributed by atoms with van der Waals surface area (Å²) in [4.78, 5) is 0.477. The Hall–Kier alpha value is -0.910. The second-order valence-corrected chi connectivity index (χ2v) is 9.49. The van der Waals surface area contributed by atoms with Gasteiger partial charge in [0.2, 0.25) is 10.0 Å². The van der Waals surface area contributed by atoms with E-state index in [4.69, 9.17) is 0 Å². The van der Waals surface area contributed by atoms with Crippen molar-refractivity contribution in [1.82, 2.24) is 9.62 Å². The van der Waals surface area contributed by atoms with Gasteiger partial charge in [0, 0.05) is 30.6 Å². The number of rotatable bonds is 2. The Morgan fingerprint density at radius 1 is 1.14 bits per heavy atom. The first-order chi connectivity index (χ1) is 10.4. The third kappa shape index (κ3) is 2.22. The van der Waals surface area contributed by atoms with Crippen molar-refractivity contribution in [2.45, 2.75) is 56.5 Å². The molecule has 1 aromatic rings. The topological polar surface area (TPSA) is 49.4 Å². The third-order valence-corrected chi connectivity index (χ3v) is 7.62. The molecule has 0 aromatic heterocycles. The van der Waals surface area contributed by atoms with Crippen LogP contribution >= 0.6 is 0 Å². The molecule has 0 radical (unpaired) electrons. The Morgan fingerprint density at radius 3 is 2.36 bits per heavy atom. The van der Waals surface area contributed by atoms with Crippen LogP contribution in [0.4, 0.5) is 0 Å². The van der Waals surface area contributed by atoms with Crippen LogP contribution in [0.15, 0.2) is 23.1 Å². The molecule has 3 heterocycles. The van der Waals surface area contributed by atoms with Gasteiger partial charge < -0.3 is 5.32 Å². The molecule has 4 rings (SSSR count). The largest absolute Gasteiger partial charge is 0.311 e. The molecule has 2 bridgehead atoms. The van der Waals surface area contributed by atoms with Crippen LogP contribution in [-0.4, -0.2) is 37.9 Å². The van der Waals surface area contributed by atoms with Gasteiger partial charge in [-0.1, -0.05) is 17.7 Å². The average molecular weight is 320 g/mol. The summed E-state index contributed by atoms with van der Waals surface area (Å²) in [6.07, 6.45) is 4.80. The highest BCUT2D eigenvalue weighted by Crippen LogP contribution is 2.48. The summed E-state index contributed by atoms with van der Waals surface area (Å²) in [6, 6.07) is 6.83. The van der Waals surface area contributed by atoms with E-state index in [2.05, 4.69) is 5.32 Å². The summed E-state index contributed by atoms with van der Waals surface area (Å²) in [5.74, 6) is 0. The van der Waals surface area contributed by atoms with Crippen molar-refractivity contribution in [1.29, 1.82) is 0 Å². The summed E-state index contributed by atoms with van der Waals surface area (Å²) >= 11 is 0. The molecular weight excluding hydrogens is 296 g/mol. The van der Waals surface area contributed by atoms with E-state index in [1.807, 2.05) is 26.0 Å². The smallest absolute Gasteiger partial charge is 0.243 e. The molecule has 1 N–H and O–H groups in total. The van der Waals surface area contributed by atoms with E-state index in [9.17, 15) is 8.42 Å². The molecule has 0 saturated carbocycles. The number of fused-ring (bicyclic) bond motifs is 2. The Kier molecular flexibility index (Phi) is 3.19. The fraction of sp³-hybridized carbons (Fsp3) is 0.647. The summed E-state index contributed by atoms with van der Waals surface area (Å²) < 4.78 is 27.4. The zero-order valence-corrected chi connectivity index (χ0v) is 14.1. The van der Waals surface area contributed by atoms with E-state index in [-0.39, 0.29) is 5.41 Å². The standard InChI is InChI=1S/C17H24N2O2S/c1-12-3-6-16(13(2)7-12)22(20,21)19-10-17(11-19)8-14-4-5-15(9-17)18-14/h3,6-7,14-15,18H,4-5,8-11H2,1-2H3. The van der Waals surface area contributed by atoms with Gasteiger partial charge in [0.15, 0.2) is 0 Å². The van der Waals surface area contributed by atoms with Crippen LogP contribution in [0.1, 0.15) is 36.8 Å². The molecule has 1 spiro atoms.